The minimum atomic E-state index is -0.597. The first-order chi connectivity index (χ1) is 16.2. The Morgan fingerprint density at radius 1 is 1.12 bits per heavy atom. The molecule has 10 heteroatoms. The van der Waals surface area contributed by atoms with Crippen LogP contribution in [0.2, 0.25) is 0 Å². The van der Waals surface area contributed by atoms with Gasteiger partial charge >= 0.3 is 6.01 Å². The van der Waals surface area contributed by atoms with Crippen molar-refractivity contribution >= 4 is 11.5 Å². The molecule has 1 saturated carbocycles. The molecule has 1 atom stereocenters. The number of fused-ring (bicyclic) bond motifs is 2. The molecule has 9 nitrogen and oxygen atoms in total. The lowest BCUT2D eigenvalue weighted by Gasteiger charge is -2.32. The molecule has 0 bridgehead atoms. The number of aromatic nitrogens is 7. The molecule has 5 aromatic rings. The van der Waals surface area contributed by atoms with Crippen LogP contribution in [0.1, 0.15) is 47.4 Å². The first-order valence-corrected chi connectivity index (χ1v) is 11.0. The lowest BCUT2D eigenvalue weighted by atomic mass is 10.00. The summed E-state index contributed by atoms with van der Waals surface area (Å²) in [7, 11) is 0. The summed E-state index contributed by atoms with van der Waals surface area (Å²) < 4.78 is 21.5. The minimum absolute atomic E-state index is 0.169. The van der Waals surface area contributed by atoms with Crippen molar-refractivity contribution in [3.8, 4) is 11.6 Å². The molecule has 6 heterocycles. The molecule has 0 amide bonds. The molecule has 1 N–H and O–H groups in total. The Balaban J connectivity index is 1.33. The summed E-state index contributed by atoms with van der Waals surface area (Å²) >= 11 is 0. The van der Waals surface area contributed by atoms with E-state index < -0.39 is 5.95 Å². The van der Waals surface area contributed by atoms with Gasteiger partial charge in [-0.1, -0.05) is 17.2 Å². The summed E-state index contributed by atoms with van der Waals surface area (Å²) in [5.41, 5.74) is 5.57. The third-order valence-corrected chi connectivity index (χ3v) is 6.37. The number of H-pyrrole nitrogens is 1. The van der Waals surface area contributed by atoms with E-state index >= 15 is 0 Å². The highest BCUT2D eigenvalue weighted by Gasteiger charge is 2.36. The molecule has 0 saturated heterocycles. The normalized spacial score (nSPS) is 18.1. The predicted octanol–water partition coefficient (Wildman–Crippen LogP) is 3.67. The zero-order valence-corrected chi connectivity index (χ0v) is 17.5. The summed E-state index contributed by atoms with van der Waals surface area (Å²) in [4.78, 5) is 13.7. The highest BCUT2D eigenvalue weighted by molar-refractivity contribution is 5.60. The van der Waals surface area contributed by atoms with E-state index in [-0.39, 0.29) is 11.9 Å². The summed E-state index contributed by atoms with van der Waals surface area (Å²) in [6, 6.07) is 10.9. The summed E-state index contributed by atoms with van der Waals surface area (Å²) in [6.45, 7) is 0.640. The number of aromatic amines is 1. The maximum Gasteiger partial charge on any atom is 0.319 e. The Bertz CT molecular complexity index is 1480. The Morgan fingerprint density at radius 3 is 2.94 bits per heavy atom. The van der Waals surface area contributed by atoms with Crippen LogP contribution in [0.25, 0.3) is 17.1 Å². The van der Waals surface area contributed by atoms with E-state index in [0.717, 1.165) is 29.0 Å². The fourth-order valence-corrected chi connectivity index (χ4v) is 4.67. The number of rotatable bonds is 4. The van der Waals surface area contributed by atoms with Gasteiger partial charge in [0.25, 0.3) is 5.89 Å². The zero-order chi connectivity index (χ0) is 21.9. The van der Waals surface area contributed by atoms with Crippen molar-refractivity contribution in [1.29, 1.82) is 0 Å². The maximum atomic E-state index is 13.6. The molecule has 0 unspecified atom stereocenters. The molecule has 164 valence electrons. The first kappa shape index (κ1) is 18.5. The van der Waals surface area contributed by atoms with Crippen molar-refractivity contribution in [2.75, 3.05) is 11.4 Å². The van der Waals surface area contributed by atoms with E-state index in [1.54, 1.807) is 18.5 Å². The van der Waals surface area contributed by atoms with Crippen LogP contribution in [-0.2, 0) is 6.42 Å². The lowest BCUT2D eigenvalue weighted by molar-refractivity contribution is 0.501. The van der Waals surface area contributed by atoms with E-state index in [1.165, 1.54) is 24.5 Å². The van der Waals surface area contributed by atoms with E-state index in [1.807, 2.05) is 21.7 Å². The summed E-state index contributed by atoms with van der Waals surface area (Å²) in [6.07, 6.45) is 6.88. The standard InChI is InChI=1S/C23H19FN8O/c24-19-5-1-4-16(27-19)22-28-29-23(33-22)31-10-8-15-20(26-12-25-15)21(31)17-11-18-14(13-6-7-13)3-2-9-32(18)30-17/h1-5,9,11-13,21H,6-8,10H2,(H,25,26)/t21-/m0/s1. The lowest BCUT2D eigenvalue weighted by Crippen LogP contribution is -2.36. The van der Waals surface area contributed by atoms with Crippen molar-refractivity contribution < 1.29 is 8.81 Å². The van der Waals surface area contributed by atoms with Crippen molar-refractivity contribution in [3.05, 3.63) is 77.5 Å². The Morgan fingerprint density at radius 2 is 2.06 bits per heavy atom. The van der Waals surface area contributed by atoms with Gasteiger partial charge in [-0.15, -0.1) is 5.10 Å². The van der Waals surface area contributed by atoms with Crippen LogP contribution < -0.4 is 4.90 Å². The molecule has 1 fully saturated rings. The highest BCUT2D eigenvalue weighted by atomic mass is 19.1. The molecule has 7 rings (SSSR count). The number of nitrogens with one attached hydrogen (secondary N) is 1. The molecule has 1 aliphatic heterocycles. The molecule has 2 aliphatic rings. The van der Waals surface area contributed by atoms with Gasteiger partial charge in [-0.2, -0.15) is 9.49 Å². The second-order valence-electron chi connectivity index (χ2n) is 8.48. The zero-order valence-electron chi connectivity index (χ0n) is 17.5. The van der Waals surface area contributed by atoms with E-state index in [9.17, 15) is 4.39 Å². The number of pyridine rings is 2. The van der Waals surface area contributed by atoms with Gasteiger partial charge in [0.05, 0.1) is 23.2 Å². The summed E-state index contributed by atoms with van der Waals surface area (Å²) in [5, 5.41) is 13.3. The number of halogens is 1. The number of anilines is 1. The number of hydrogen-bond acceptors (Lipinski definition) is 7. The molecular formula is C23H19FN8O. The molecular weight excluding hydrogens is 423 g/mol. The Labute approximate surface area is 187 Å². The minimum Gasteiger partial charge on any atom is -0.402 e. The number of nitrogens with zero attached hydrogens (tertiary/aromatic N) is 7. The van der Waals surface area contributed by atoms with Crippen LogP contribution in [0.5, 0.6) is 0 Å². The largest absolute Gasteiger partial charge is 0.402 e. The number of hydrogen-bond donors (Lipinski definition) is 1. The molecule has 1 aliphatic carbocycles. The summed E-state index contributed by atoms with van der Waals surface area (Å²) in [5.74, 6) is 0.182. The topological polar surface area (TPSA) is 101 Å². The van der Waals surface area contributed by atoms with Crippen molar-refractivity contribution in [3.63, 3.8) is 0 Å². The van der Waals surface area contributed by atoms with Gasteiger partial charge in [0.1, 0.15) is 11.7 Å². The van der Waals surface area contributed by atoms with Gasteiger partial charge in [-0.25, -0.2) is 14.5 Å². The monoisotopic (exact) mass is 442 g/mol. The third kappa shape index (κ3) is 3.01. The number of imidazole rings is 1. The van der Waals surface area contributed by atoms with E-state index in [4.69, 9.17) is 9.52 Å². The second kappa shape index (κ2) is 6.96. The fourth-order valence-electron chi connectivity index (χ4n) is 4.67. The molecule has 5 aromatic heterocycles. The quantitative estimate of drug-likeness (QED) is 0.424. The highest BCUT2D eigenvalue weighted by Crippen LogP contribution is 2.43. The smallest absolute Gasteiger partial charge is 0.319 e. The van der Waals surface area contributed by atoms with Gasteiger partial charge < -0.3 is 14.3 Å². The Kier molecular flexibility index (Phi) is 3.90. The van der Waals surface area contributed by atoms with Crippen LogP contribution in [0, 0.1) is 5.95 Å². The fraction of sp³-hybridized carbons (Fsp3) is 0.261. The predicted molar refractivity (Wildman–Crippen MR) is 116 cm³/mol. The van der Waals surface area contributed by atoms with Gasteiger partial charge in [0.2, 0.25) is 5.95 Å². The molecule has 33 heavy (non-hydrogen) atoms. The van der Waals surface area contributed by atoms with Crippen LogP contribution in [-0.4, -0.2) is 41.3 Å². The van der Waals surface area contributed by atoms with E-state index in [0.29, 0.717) is 24.2 Å². The van der Waals surface area contributed by atoms with Gasteiger partial charge in [0, 0.05) is 24.9 Å². The second-order valence-corrected chi connectivity index (χ2v) is 8.48. The average Bonchev–Trinajstić information content (AvgIpc) is 3.22. The van der Waals surface area contributed by atoms with Crippen LogP contribution in [0.3, 0.4) is 0 Å². The van der Waals surface area contributed by atoms with Gasteiger partial charge in [-0.3, -0.25) is 0 Å². The van der Waals surface area contributed by atoms with Crippen molar-refractivity contribution in [2.45, 2.75) is 31.2 Å². The average molecular weight is 442 g/mol. The molecule has 0 aromatic carbocycles. The SMILES string of the molecule is Fc1cccc(-c2nnc(N3CCc4[nH]cnc4[C@@H]3c3cc4c(C5CC5)cccn4n3)o2)n1. The van der Waals surface area contributed by atoms with E-state index in [2.05, 4.69) is 37.3 Å². The maximum absolute atomic E-state index is 13.6. The van der Waals surface area contributed by atoms with Crippen LogP contribution in [0.4, 0.5) is 10.4 Å². The van der Waals surface area contributed by atoms with Crippen LogP contribution in [0.15, 0.2) is 53.3 Å². The van der Waals surface area contributed by atoms with Gasteiger partial charge in [-0.05, 0) is 48.6 Å². The third-order valence-electron chi connectivity index (χ3n) is 6.37. The Hall–Kier alpha value is -4.08. The molecule has 0 radical (unpaired) electrons. The molecule has 0 spiro atoms. The van der Waals surface area contributed by atoms with Crippen molar-refractivity contribution in [2.24, 2.45) is 0 Å². The first-order valence-electron chi connectivity index (χ1n) is 11.0. The van der Waals surface area contributed by atoms with Gasteiger partial charge in [0.15, 0.2) is 0 Å². The van der Waals surface area contributed by atoms with Crippen molar-refractivity contribution in [1.82, 2.24) is 34.8 Å². The van der Waals surface area contributed by atoms with Crippen LogP contribution >= 0.6 is 0 Å².